The maximum Gasteiger partial charge on any atom is 0.222 e. The van der Waals surface area contributed by atoms with Crippen LogP contribution in [0, 0.1) is 6.92 Å². The van der Waals surface area contributed by atoms with Crippen LogP contribution in [0.5, 0.6) is 0 Å². The molecular formula is C20H24Cl2N6. The van der Waals surface area contributed by atoms with Gasteiger partial charge in [-0.15, -0.1) is 12.4 Å². The SMILES string of the molecule is Cc1ccc(NC2N=C(N)N=C(N3CCCC3)N2c2ccccc2)cc1Cl.Cl. The zero-order chi connectivity index (χ0) is 18.8. The van der Waals surface area contributed by atoms with E-state index in [2.05, 4.69) is 37.2 Å². The number of halogens is 2. The van der Waals surface area contributed by atoms with Gasteiger partial charge in [0.2, 0.25) is 18.2 Å². The fourth-order valence-electron chi connectivity index (χ4n) is 3.39. The standard InChI is InChI=1S/C20H23ClN6.ClH/c1-14-9-10-15(13-17(14)21)23-19-24-18(22)25-20(26-11-5-6-12-26)27(19)16-7-3-2-4-8-16;/h2-4,7-10,13,19,23H,5-6,11-12H2,1H3,(H2,22,24);1H. The number of benzene rings is 2. The number of hydrogen-bond donors (Lipinski definition) is 2. The van der Waals surface area contributed by atoms with Crippen LogP contribution in [0.3, 0.4) is 0 Å². The van der Waals surface area contributed by atoms with Gasteiger partial charge in [-0.1, -0.05) is 35.9 Å². The normalized spacial score (nSPS) is 19.0. The second-order valence-electron chi connectivity index (χ2n) is 6.78. The van der Waals surface area contributed by atoms with Crippen LogP contribution in [0.2, 0.25) is 5.02 Å². The van der Waals surface area contributed by atoms with Crippen LogP contribution in [-0.4, -0.2) is 36.2 Å². The Morgan fingerprint density at radius 1 is 1.11 bits per heavy atom. The average molecular weight is 419 g/mol. The Morgan fingerprint density at radius 2 is 1.82 bits per heavy atom. The number of guanidine groups is 2. The van der Waals surface area contributed by atoms with E-state index in [0.717, 1.165) is 48.8 Å². The van der Waals surface area contributed by atoms with Gasteiger partial charge in [0, 0.05) is 29.5 Å². The molecule has 2 aromatic carbocycles. The van der Waals surface area contributed by atoms with E-state index >= 15 is 0 Å². The fraction of sp³-hybridized carbons (Fsp3) is 0.300. The lowest BCUT2D eigenvalue weighted by Crippen LogP contribution is -2.54. The van der Waals surface area contributed by atoms with Crippen molar-refractivity contribution in [3.05, 3.63) is 59.1 Å². The predicted octanol–water partition coefficient (Wildman–Crippen LogP) is 4.05. The number of aliphatic imine (C=N–C) groups is 2. The summed E-state index contributed by atoms with van der Waals surface area (Å²) < 4.78 is 0. The number of nitrogens with one attached hydrogen (secondary N) is 1. The van der Waals surface area contributed by atoms with Gasteiger partial charge in [0.15, 0.2) is 0 Å². The zero-order valence-corrected chi connectivity index (χ0v) is 17.2. The predicted molar refractivity (Wildman–Crippen MR) is 120 cm³/mol. The van der Waals surface area contributed by atoms with Crippen molar-refractivity contribution in [1.82, 2.24) is 4.90 Å². The van der Waals surface area contributed by atoms with Crippen molar-refractivity contribution in [2.75, 3.05) is 23.3 Å². The van der Waals surface area contributed by atoms with Gasteiger partial charge in [-0.3, -0.25) is 4.90 Å². The number of aryl methyl sites for hydroxylation is 1. The van der Waals surface area contributed by atoms with Crippen LogP contribution in [0.25, 0.3) is 0 Å². The molecule has 0 amide bonds. The topological polar surface area (TPSA) is 69.2 Å². The molecule has 6 nitrogen and oxygen atoms in total. The van der Waals surface area contributed by atoms with E-state index in [1.807, 2.05) is 43.3 Å². The van der Waals surface area contributed by atoms with Crippen LogP contribution in [-0.2, 0) is 0 Å². The van der Waals surface area contributed by atoms with Crippen LogP contribution in [0.15, 0.2) is 58.5 Å². The second kappa shape index (κ2) is 8.71. The van der Waals surface area contributed by atoms with Crippen LogP contribution in [0.4, 0.5) is 11.4 Å². The van der Waals surface area contributed by atoms with E-state index in [1.165, 1.54) is 0 Å². The molecular weight excluding hydrogens is 395 g/mol. The average Bonchev–Trinajstić information content (AvgIpc) is 3.20. The number of para-hydroxylation sites is 1. The Bertz CT molecular complexity index is 878. The van der Waals surface area contributed by atoms with Gasteiger partial charge in [-0.05, 0) is 49.6 Å². The summed E-state index contributed by atoms with van der Waals surface area (Å²) in [6, 6.07) is 16.0. The molecule has 0 radical (unpaired) electrons. The van der Waals surface area contributed by atoms with E-state index < -0.39 is 6.29 Å². The molecule has 2 aliphatic rings. The first-order chi connectivity index (χ1) is 13.1. The van der Waals surface area contributed by atoms with Crippen molar-refractivity contribution in [1.29, 1.82) is 0 Å². The Hall–Kier alpha value is -2.44. The highest BCUT2D eigenvalue weighted by atomic mass is 35.5. The van der Waals surface area contributed by atoms with Gasteiger partial charge in [0.25, 0.3) is 0 Å². The highest BCUT2D eigenvalue weighted by Gasteiger charge is 2.32. The van der Waals surface area contributed by atoms with Gasteiger partial charge < -0.3 is 16.0 Å². The molecule has 28 heavy (non-hydrogen) atoms. The Balaban J connectivity index is 0.00000225. The Labute approximate surface area is 176 Å². The third-order valence-corrected chi connectivity index (χ3v) is 5.23. The highest BCUT2D eigenvalue weighted by molar-refractivity contribution is 6.31. The van der Waals surface area contributed by atoms with E-state index in [0.29, 0.717) is 5.02 Å². The van der Waals surface area contributed by atoms with E-state index in [-0.39, 0.29) is 18.4 Å². The number of nitrogens with two attached hydrogens (primary N) is 1. The van der Waals surface area contributed by atoms with Crippen LogP contribution < -0.4 is 16.0 Å². The van der Waals surface area contributed by atoms with Crippen LogP contribution >= 0.6 is 24.0 Å². The molecule has 4 rings (SSSR count). The van der Waals surface area contributed by atoms with Gasteiger partial charge in [0.05, 0.1) is 0 Å². The molecule has 0 aliphatic carbocycles. The van der Waals surface area contributed by atoms with Gasteiger partial charge in [-0.25, -0.2) is 4.99 Å². The first-order valence-electron chi connectivity index (χ1n) is 9.16. The fourth-order valence-corrected chi connectivity index (χ4v) is 3.57. The summed E-state index contributed by atoms with van der Waals surface area (Å²) in [5.41, 5.74) is 9.00. The van der Waals surface area contributed by atoms with Crippen molar-refractivity contribution in [2.45, 2.75) is 26.1 Å². The van der Waals surface area contributed by atoms with Gasteiger partial charge in [0.1, 0.15) is 0 Å². The third kappa shape index (κ3) is 4.18. The molecule has 2 heterocycles. The molecule has 148 valence electrons. The summed E-state index contributed by atoms with van der Waals surface area (Å²) in [5, 5.41) is 4.16. The maximum absolute atomic E-state index is 6.30. The van der Waals surface area contributed by atoms with Gasteiger partial charge >= 0.3 is 0 Å². The molecule has 0 saturated carbocycles. The highest BCUT2D eigenvalue weighted by Crippen LogP contribution is 2.27. The minimum Gasteiger partial charge on any atom is -0.368 e. The lowest BCUT2D eigenvalue weighted by molar-refractivity contribution is 0.497. The summed E-state index contributed by atoms with van der Waals surface area (Å²) in [4.78, 5) is 13.5. The first-order valence-corrected chi connectivity index (χ1v) is 9.53. The van der Waals surface area contributed by atoms with E-state index in [9.17, 15) is 0 Å². The minimum absolute atomic E-state index is 0. The van der Waals surface area contributed by atoms with Crippen LogP contribution in [0.1, 0.15) is 18.4 Å². The molecule has 1 atom stereocenters. The quantitative estimate of drug-likeness (QED) is 0.788. The smallest absolute Gasteiger partial charge is 0.222 e. The Kier molecular flexibility index (Phi) is 6.31. The molecule has 8 heteroatoms. The molecule has 0 bridgehead atoms. The summed E-state index contributed by atoms with van der Waals surface area (Å²) >= 11 is 6.30. The number of anilines is 2. The molecule has 0 aromatic heterocycles. The first kappa shape index (κ1) is 20.3. The van der Waals surface area contributed by atoms with Gasteiger partial charge in [-0.2, -0.15) is 4.99 Å². The van der Waals surface area contributed by atoms with Crippen molar-refractivity contribution < 1.29 is 0 Å². The number of nitrogens with zero attached hydrogens (tertiary/aromatic N) is 4. The molecule has 0 spiro atoms. The molecule has 1 saturated heterocycles. The summed E-state index contributed by atoms with van der Waals surface area (Å²) in [6.07, 6.45) is 1.91. The van der Waals surface area contributed by atoms with Crippen molar-refractivity contribution in [2.24, 2.45) is 15.7 Å². The third-order valence-electron chi connectivity index (χ3n) is 4.82. The lowest BCUT2D eigenvalue weighted by Gasteiger charge is -2.38. The number of hydrogen-bond acceptors (Lipinski definition) is 6. The van der Waals surface area contributed by atoms with Crippen molar-refractivity contribution in [3.63, 3.8) is 0 Å². The molecule has 2 aromatic rings. The minimum atomic E-state index is -0.403. The largest absolute Gasteiger partial charge is 0.368 e. The van der Waals surface area contributed by atoms with E-state index in [4.69, 9.17) is 17.3 Å². The number of rotatable bonds is 3. The van der Waals surface area contributed by atoms with Crippen molar-refractivity contribution in [3.8, 4) is 0 Å². The monoisotopic (exact) mass is 418 g/mol. The molecule has 2 aliphatic heterocycles. The number of likely N-dealkylation sites (tertiary alicyclic amines) is 1. The van der Waals surface area contributed by atoms with Crippen molar-refractivity contribution >= 4 is 47.3 Å². The summed E-state index contributed by atoms with van der Waals surface area (Å²) in [5.74, 6) is 1.11. The summed E-state index contributed by atoms with van der Waals surface area (Å²) in [6.45, 7) is 3.92. The Morgan fingerprint density at radius 3 is 2.50 bits per heavy atom. The molecule has 1 unspecified atom stereocenters. The lowest BCUT2D eigenvalue weighted by atomic mass is 10.2. The second-order valence-corrected chi connectivity index (χ2v) is 7.19. The molecule has 3 N–H and O–H groups in total. The summed E-state index contributed by atoms with van der Waals surface area (Å²) in [7, 11) is 0. The maximum atomic E-state index is 6.30. The zero-order valence-electron chi connectivity index (χ0n) is 15.7. The van der Waals surface area contributed by atoms with E-state index in [1.54, 1.807) is 0 Å². The molecule has 1 fully saturated rings.